The van der Waals surface area contributed by atoms with Crippen molar-refractivity contribution in [2.45, 2.75) is 0 Å². The number of hydrogen-bond donors (Lipinski definition) is 2. The van der Waals surface area contributed by atoms with Crippen LogP contribution in [0.4, 0.5) is 5.69 Å². The lowest BCUT2D eigenvalue weighted by molar-refractivity contribution is 0.102. The molecular weight excluding hydrogens is 412 g/mol. The maximum absolute atomic E-state index is 12.4. The molecule has 0 aliphatic carbocycles. The molecule has 0 aliphatic rings. The summed E-state index contributed by atoms with van der Waals surface area (Å²) in [6, 6.07) is 29.4. The van der Waals surface area contributed by atoms with Crippen LogP contribution in [0.5, 0.6) is 5.75 Å². The number of rotatable bonds is 5. The third kappa shape index (κ3) is 4.67. The van der Waals surface area contributed by atoms with Crippen LogP contribution in [0, 0.1) is 0 Å². The number of nitrogens with zero attached hydrogens (tertiary/aromatic N) is 1. The van der Waals surface area contributed by atoms with Crippen LogP contribution in [0.25, 0.3) is 34.7 Å². The highest BCUT2D eigenvalue weighted by Gasteiger charge is 2.08. The van der Waals surface area contributed by atoms with Crippen LogP contribution < -0.4 is 5.32 Å². The minimum absolute atomic E-state index is 0.157. The Hall–Kier alpha value is -4.64. The molecule has 5 rings (SSSR count). The number of aromatic hydroxyl groups is 1. The molecule has 0 saturated heterocycles. The molecular formula is C28H20N2O3. The van der Waals surface area contributed by atoms with Crippen molar-refractivity contribution in [3.05, 3.63) is 114 Å². The van der Waals surface area contributed by atoms with E-state index in [1.54, 1.807) is 24.3 Å². The van der Waals surface area contributed by atoms with Gasteiger partial charge in [-0.1, -0.05) is 48.6 Å². The summed E-state index contributed by atoms with van der Waals surface area (Å²) in [5.74, 6) is 0.559. The molecule has 5 aromatic rings. The quantitative estimate of drug-likeness (QED) is 0.242. The number of phenolic OH excluding ortho intramolecular Hbond substituents is 1. The minimum Gasteiger partial charge on any atom is -0.508 e. The molecule has 1 amide bonds. The Kier molecular flexibility index (Phi) is 5.43. The SMILES string of the molecule is O=C(Nc1ccc(O)cc1)c1ccc(/C=C/c2ccc(-c3nc4ccccc4o3)cc2)cc1. The maximum Gasteiger partial charge on any atom is 0.255 e. The first kappa shape index (κ1) is 20.3. The largest absolute Gasteiger partial charge is 0.508 e. The number of amides is 1. The van der Waals surface area contributed by atoms with Gasteiger partial charge in [0, 0.05) is 16.8 Å². The Bertz CT molecular complexity index is 1400. The first-order valence-electron chi connectivity index (χ1n) is 10.5. The Morgan fingerprint density at radius 2 is 1.42 bits per heavy atom. The van der Waals surface area contributed by atoms with Crippen molar-refractivity contribution in [3.8, 4) is 17.2 Å². The highest BCUT2D eigenvalue weighted by molar-refractivity contribution is 6.04. The molecule has 4 aromatic carbocycles. The lowest BCUT2D eigenvalue weighted by Gasteiger charge is -2.05. The van der Waals surface area contributed by atoms with Gasteiger partial charge in [-0.2, -0.15) is 0 Å². The fraction of sp³-hybridized carbons (Fsp3) is 0. The van der Waals surface area contributed by atoms with Gasteiger partial charge in [-0.05, 0) is 71.8 Å². The van der Waals surface area contributed by atoms with Gasteiger partial charge in [0.05, 0.1) is 0 Å². The van der Waals surface area contributed by atoms with Crippen molar-refractivity contribution in [2.24, 2.45) is 0 Å². The molecule has 1 aromatic heterocycles. The number of fused-ring (bicyclic) bond motifs is 1. The van der Waals surface area contributed by atoms with E-state index in [2.05, 4.69) is 10.3 Å². The molecule has 5 heteroatoms. The second-order valence-electron chi connectivity index (χ2n) is 7.57. The zero-order valence-corrected chi connectivity index (χ0v) is 17.6. The molecule has 0 spiro atoms. The number of nitrogens with one attached hydrogen (secondary N) is 1. The van der Waals surface area contributed by atoms with E-state index >= 15 is 0 Å². The summed E-state index contributed by atoms with van der Waals surface area (Å²) in [4.78, 5) is 16.9. The molecule has 0 unspecified atom stereocenters. The van der Waals surface area contributed by atoms with Crippen molar-refractivity contribution >= 4 is 34.8 Å². The molecule has 1 heterocycles. The lowest BCUT2D eigenvalue weighted by atomic mass is 10.1. The number of hydrogen-bond acceptors (Lipinski definition) is 4. The van der Waals surface area contributed by atoms with Crippen molar-refractivity contribution in [1.29, 1.82) is 0 Å². The van der Waals surface area contributed by atoms with E-state index < -0.39 is 0 Å². The van der Waals surface area contributed by atoms with E-state index in [1.807, 2.05) is 72.8 Å². The molecule has 0 atom stereocenters. The number of carbonyl (C=O) groups is 1. The van der Waals surface area contributed by atoms with Crippen LogP contribution in [0.3, 0.4) is 0 Å². The van der Waals surface area contributed by atoms with Gasteiger partial charge >= 0.3 is 0 Å². The minimum atomic E-state index is -0.203. The van der Waals surface area contributed by atoms with Gasteiger partial charge in [-0.25, -0.2) is 4.98 Å². The summed E-state index contributed by atoms with van der Waals surface area (Å²) < 4.78 is 5.82. The number of para-hydroxylation sites is 2. The van der Waals surface area contributed by atoms with Crippen LogP contribution in [0.15, 0.2) is 101 Å². The fourth-order valence-electron chi connectivity index (χ4n) is 3.42. The normalized spacial score (nSPS) is 11.2. The van der Waals surface area contributed by atoms with Crippen LogP contribution in [-0.2, 0) is 0 Å². The number of aromatic nitrogens is 1. The summed E-state index contributed by atoms with van der Waals surface area (Å²) in [6.45, 7) is 0. The number of carbonyl (C=O) groups excluding carboxylic acids is 1. The average Bonchev–Trinajstić information content (AvgIpc) is 3.29. The summed E-state index contributed by atoms with van der Waals surface area (Å²) in [6.07, 6.45) is 4.01. The van der Waals surface area contributed by atoms with E-state index in [4.69, 9.17) is 4.42 Å². The van der Waals surface area contributed by atoms with Crippen LogP contribution in [-0.4, -0.2) is 16.0 Å². The van der Waals surface area contributed by atoms with E-state index in [0.717, 1.165) is 27.8 Å². The molecule has 5 nitrogen and oxygen atoms in total. The second-order valence-corrected chi connectivity index (χ2v) is 7.57. The predicted molar refractivity (Wildman–Crippen MR) is 131 cm³/mol. The molecule has 0 aliphatic heterocycles. The Labute approximate surface area is 190 Å². The van der Waals surface area contributed by atoms with Crippen molar-refractivity contribution in [1.82, 2.24) is 4.98 Å². The highest BCUT2D eigenvalue weighted by atomic mass is 16.3. The smallest absolute Gasteiger partial charge is 0.255 e. The van der Waals surface area contributed by atoms with E-state index in [-0.39, 0.29) is 11.7 Å². The Morgan fingerprint density at radius 1 is 0.788 bits per heavy atom. The molecule has 160 valence electrons. The van der Waals surface area contributed by atoms with Crippen LogP contribution >= 0.6 is 0 Å². The third-order valence-electron chi connectivity index (χ3n) is 5.22. The standard InChI is InChI=1S/C28H20N2O3/c31-24-17-15-23(16-18-24)29-27(32)21-11-7-19(8-12-21)5-6-20-9-13-22(14-10-20)28-30-25-3-1-2-4-26(25)33-28/h1-18,31H,(H,29,32)/b6-5+. The van der Waals surface area contributed by atoms with Gasteiger partial charge < -0.3 is 14.8 Å². The topological polar surface area (TPSA) is 75.4 Å². The van der Waals surface area contributed by atoms with Gasteiger partial charge in [0.2, 0.25) is 5.89 Å². The van der Waals surface area contributed by atoms with Crippen LogP contribution in [0.2, 0.25) is 0 Å². The summed E-state index contributed by atoms with van der Waals surface area (Å²) in [7, 11) is 0. The zero-order valence-electron chi connectivity index (χ0n) is 17.6. The summed E-state index contributed by atoms with van der Waals surface area (Å²) >= 11 is 0. The van der Waals surface area contributed by atoms with E-state index in [0.29, 0.717) is 17.1 Å². The first-order valence-corrected chi connectivity index (χ1v) is 10.5. The van der Waals surface area contributed by atoms with Crippen molar-refractivity contribution < 1.29 is 14.3 Å². The lowest BCUT2D eigenvalue weighted by Crippen LogP contribution is -2.11. The molecule has 33 heavy (non-hydrogen) atoms. The number of phenols is 1. The number of benzene rings is 4. The van der Waals surface area contributed by atoms with Crippen molar-refractivity contribution in [3.63, 3.8) is 0 Å². The van der Waals surface area contributed by atoms with Gasteiger partial charge in [-0.15, -0.1) is 0 Å². The summed E-state index contributed by atoms with van der Waals surface area (Å²) in [5.41, 5.74) is 5.76. The third-order valence-corrected chi connectivity index (χ3v) is 5.22. The second kappa shape index (κ2) is 8.85. The van der Waals surface area contributed by atoms with Gasteiger partial charge in [0.15, 0.2) is 5.58 Å². The Balaban J connectivity index is 1.24. The van der Waals surface area contributed by atoms with E-state index in [1.165, 1.54) is 12.1 Å². The summed E-state index contributed by atoms with van der Waals surface area (Å²) in [5, 5.41) is 12.1. The van der Waals surface area contributed by atoms with Gasteiger partial charge in [0.1, 0.15) is 11.3 Å². The first-order chi connectivity index (χ1) is 16.1. The predicted octanol–water partition coefficient (Wildman–Crippen LogP) is 6.62. The van der Waals surface area contributed by atoms with Crippen molar-refractivity contribution in [2.75, 3.05) is 5.32 Å². The van der Waals surface area contributed by atoms with Gasteiger partial charge in [-0.3, -0.25) is 4.79 Å². The average molecular weight is 432 g/mol. The zero-order chi connectivity index (χ0) is 22.6. The molecule has 0 fully saturated rings. The number of oxazole rings is 1. The molecule has 0 radical (unpaired) electrons. The van der Waals surface area contributed by atoms with E-state index in [9.17, 15) is 9.90 Å². The molecule has 2 N–H and O–H groups in total. The fourth-order valence-corrected chi connectivity index (χ4v) is 3.42. The number of anilines is 1. The van der Waals surface area contributed by atoms with Gasteiger partial charge in [0.25, 0.3) is 5.91 Å². The maximum atomic E-state index is 12.4. The molecule has 0 bridgehead atoms. The Morgan fingerprint density at radius 3 is 2.09 bits per heavy atom. The molecule has 0 saturated carbocycles. The monoisotopic (exact) mass is 432 g/mol. The highest BCUT2D eigenvalue weighted by Crippen LogP contribution is 2.24. The van der Waals surface area contributed by atoms with Crippen LogP contribution in [0.1, 0.15) is 21.5 Å².